The van der Waals surface area contributed by atoms with Crippen LogP contribution >= 0.6 is 12.2 Å². The first kappa shape index (κ1) is 16.9. The number of phenolic OH excluding ortho intramolecular Hbond substituents is 1. The van der Waals surface area contributed by atoms with Gasteiger partial charge in [0.1, 0.15) is 6.17 Å². The maximum atomic E-state index is 10.5. The van der Waals surface area contributed by atoms with Crippen LogP contribution in [0.25, 0.3) is 0 Å². The number of thiocarbonyl (C=S) groups is 1. The van der Waals surface area contributed by atoms with Crippen LogP contribution in [0.15, 0.2) is 36.4 Å². The molecule has 1 fully saturated rings. The van der Waals surface area contributed by atoms with E-state index in [0.29, 0.717) is 22.1 Å². The molecule has 0 spiro atoms. The molecule has 0 bridgehead atoms. The van der Waals surface area contributed by atoms with Gasteiger partial charge in [-0.15, -0.1) is 0 Å². The van der Waals surface area contributed by atoms with Crippen molar-refractivity contribution >= 4 is 17.2 Å². The fourth-order valence-electron chi connectivity index (χ4n) is 3.51. The lowest BCUT2D eigenvalue weighted by molar-refractivity contribution is 0.0766. The first-order chi connectivity index (χ1) is 12.6. The van der Waals surface area contributed by atoms with Gasteiger partial charge in [-0.25, -0.2) is 0 Å². The Morgan fingerprint density at radius 1 is 1.12 bits per heavy atom. The predicted octanol–water partition coefficient (Wildman–Crippen LogP) is 2.51. The number of rotatable bonds is 3. The van der Waals surface area contributed by atoms with Crippen LogP contribution in [0.5, 0.6) is 23.0 Å². The van der Waals surface area contributed by atoms with Crippen molar-refractivity contribution < 1.29 is 19.3 Å². The highest BCUT2D eigenvalue weighted by Gasteiger charge is 2.40. The van der Waals surface area contributed by atoms with Gasteiger partial charge in [-0.05, 0) is 24.1 Å². The Morgan fingerprint density at radius 2 is 1.85 bits per heavy atom. The highest BCUT2D eigenvalue weighted by Crippen LogP contribution is 2.41. The largest absolute Gasteiger partial charge is 0.504 e. The lowest BCUT2D eigenvalue weighted by atomic mass is 9.91. The van der Waals surface area contributed by atoms with Gasteiger partial charge in [0.25, 0.3) is 0 Å². The Kier molecular flexibility index (Phi) is 4.34. The molecule has 2 aliphatic rings. The van der Waals surface area contributed by atoms with E-state index < -0.39 is 0 Å². The van der Waals surface area contributed by atoms with Gasteiger partial charge in [0.15, 0.2) is 29.2 Å². The summed E-state index contributed by atoms with van der Waals surface area (Å²) in [6.07, 6.45) is 0.0607. The van der Waals surface area contributed by atoms with Crippen LogP contribution in [0, 0.1) is 5.92 Å². The normalized spacial score (nSPS) is 23.9. The molecule has 26 heavy (non-hydrogen) atoms. The van der Waals surface area contributed by atoms with E-state index in [2.05, 4.69) is 10.6 Å². The topological polar surface area (TPSA) is 72.0 Å². The Bertz CT molecular complexity index is 857. The second kappa shape index (κ2) is 6.66. The number of benzene rings is 2. The third kappa shape index (κ3) is 2.73. The molecule has 1 saturated heterocycles. The maximum Gasteiger partial charge on any atom is 0.166 e. The first-order valence-corrected chi connectivity index (χ1v) is 8.78. The van der Waals surface area contributed by atoms with Crippen molar-refractivity contribution in [1.82, 2.24) is 10.6 Å². The molecule has 3 unspecified atom stereocenters. The number of nitrogens with one attached hydrogen (secondary N) is 2. The summed E-state index contributed by atoms with van der Waals surface area (Å²) >= 11 is 5.60. The Hall–Kier alpha value is -2.51. The molecule has 0 amide bonds. The van der Waals surface area contributed by atoms with Crippen molar-refractivity contribution in [2.45, 2.75) is 18.8 Å². The second-order valence-corrected chi connectivity index (χ2v) is 6.74. The summed E-state index contributed by atoms with van der Waals surface area (Å²) in [5.74, 6) is 1.94. The van der Waals surface area contributed by atoms with Crippen LogP contribution in [-0.4, -0.2) is 30.5 Å². The minimum Gasteiger partial charge on any atom is -0.504 e. The van der Waals surface area contributed by atoms with Crippen molar-refractivity contribution in [3.8, 4) is 23.0 Å². The number of fused-ring (bicyclic) bond motifs is 2. The summed E-state index contributed by atoms with van der Waals surface area (Å²) in [6, 6.07) is 11.2. The van der Waals surface area contributed by atoms with Crippen molar-refractivity contribution in [2.75, 3.05) is 14.2 Å². The van der Waals surface area contributed by atoms with Gasteiger partial charge < -0.3 is 24.6 Å². The smallest absolute Gasteiger partial charge is 0.166 e. The van der Waals surface area contributed by atoms with E-state index in [9.17, 15) is 5.11 Å². The van der Waals surface area contributed by atoms with Crippen molar-refractivity contribution in [1.29, 1.82) is 0 Å². The zero-order valence-corrected chi connectivity index (χ0v) is 15.3. The molecule has 0 saturated carbocycles. The second-order valence-electron chi connectivity index (χ2n) is 6.30. The summed E-state index contributed by atoms with van der Waals surface area (Å²) in [7, 11) is 3.15. The molecular weight excluding hydrogens is 352 g/mol. The van der Waals surface area contributed by atoms with Crippen LogP contribution < -0.4 is 24.8 Å². The van der Waals surface area contributed by atoms with E-state index in [0.717, 1.165) is 17.7 Å². The van der Waals surface area contributed by atoms with E-state index in [1.165, 1.54) is 7.11 Å². The zero-order valence-electron chi connectivity index (χ0n) is 14.5. The molecule has 0 aliphatic carbocycles. The summed E-state index contributed by atoms with van der Waals surface area (Å²) in [5, 5.41) is 17.1. The predicted molar refractivity (Wildman–Crippen MR) is 101 cm³/mol. The Balaban J connectivity index is 1.65. The van der Waals surface area contributed by atoms with Crippen molar-refractivity contribution in [3.63, 3.8) is 0 Å². The zero-order chi connectivity index (χ0) is 18.3. The van der Waals surface area contributed by atoms with Crippen LogP contribution in [0.1, 0.15) is 17.3 Å². The number of hydrogen-bond donors (Lipinski definition) is 3. The van der Waals surface area contributed by atoms with Crippen LogP contribution in [0.3, 0.4) is 0 Å². The lowest BCUT2D eigenvalue weighted by Crippen LogP contribution is -2.60. The van der Waals surface area contributed by atoms with E-state index in [-0.39, 0.29) is 24.1 Å². The minimum absolute atomic E-state index is 0.00797. The van der Waals surface area contributed by atoms with Crippen LogP contribution in [0.2, 0.25) is 0 Å². The molecule has 136 valence electrons. The SMILES string of the molecule is COc1cccc(C2NC(=S)C3Cc4cccc(OC)c4OC3N2)c1O. The molecular formula is C19H20N2O4S. The van der Waals surface area contributed by atoms with E-state index >= 15 is 0 Å². The first-order valence-electron chi connectivity index (χ1n) is 8.37. The molecule has 2 heterocycles. The maximum absolute atomic E-state index is 10.5. The van der Waals surface area contributed by atoms with Gasteiger partial charge in [-0.1, -0.05) is 36.5 Å². The molecule has 7 heteroatoms. The van der Waals surface area contributed by atoms with Gasteiger partial charge in [-0.3, -0.25) is 5.32 Å². The van der Waals surface area contributed by atoms with Crippen molar-refractivity contribution in [3.05, 3.63) is 47.5 Å². The van der Waals surface area contributed by atoms with E-state index in [1.54, 1.807) is 13.2 Å². The fourth-order valence-corrected chi connectivity index (χ4v) is 3.83. The van der Waals surface area contributed by atoms with Gasteiger partial charge in [0, 0.05) is 5.56 Å². The van der Waals surface area contributed by atoms with Gasteiger partial charge >= 0.3 is 0 Å². The quantitative estimate of drug-likeness (QED) is 0.715. The molecule has 2 aromatic rings. The molecule has 2 aliphatic heterocycles. The number of para-hydroxylation sites is 2. The highest BCUT2D eigenvalue weighted by molar-refractivity contribution is 7.80. The molecule has 4 rings (SSSR count). The highest BCUT2D eigenvalue weighted by atomic mass is 32.1. The van der Waals surface area contributed by atoms with Gasteiger partial charge in [-0.2, -0.15) is 0 Å². The number of ether oxygens (including phenoxy) is 3. The van der Waals surface area contributed by atoms with Gasteiger partial charge in [0.05, 0.1) is 25.1 Å². The summed E-state index contributed by atoms with van der Waals surface area (Å²) < 4.78 is 16.8. The lowest BCUT2D eigenvalue weighted by Gasteiger charge is -2.42. The molecule has 3 N–H and O–H groups in total. The van der Waals surface area contributed by atoms with Crippen molar-refractivity contribution in [2.24, 2.45) is 5.92 Å². The van der Waals surface area contributed by atoms with E-state index in [1.807, 2.05) is 30.3 Å². The van der Waals surface area contributed by atoms with Crippen LogP contribution in [-0.2, 0) is 6.42 Å². The summed E-state index contributed by atoms with van der Waals surface area (Å²) in [5.41, 5.74) is 1.72. The monoisotopic (exact) mass is 372 g/mol. The van der Waals surface area contributed by atoms with Gasteiger partial charge in [0.2, 0.25) is 0 Å². The Labute approximate surface area is 157 Å². The molecule has 0 radical (unpaired) electrons. The number of aromatic hydroxyl groups is 1. The van der Waals surface area contributed by atoms with Crippen LogP contribution in [0.4, 0.5) is 0 Å². The average Bonchev–Trinajstić information content (AvgIpc) is 2.66. The molecule has 2 aromatic carbocycles. The molecule has 6 nitrogen and oxygen atoms in total. The summed E-state index contributed by atoms with van der Waals surface area (Å²) in [6.45, 7) is 0. The van der Waals surface area contributed by atoms with E-state index in [4.69, 9.17) is 26.4 Å². The molecule has 0 aromatic heterocycles. The third-order valence-electron chi connectivity index (χ3n) is 4.85. The summed E-state index contributed by atoms with van der Waals surface area (Å²) in [4.78, 5) is 0.703. The number of methoxy groups -OCH3 is 2. The standard InChI is InChI=1S/C19H20N2O4S/c1-23-13-7-4-6-11(15(13)22)17-20-18-12(19(26)21-17)9-10-5-3-8-14(24-2)16(10)25-18/h3-8,12,17-18,20,22H,9H2,1-2H3,(H,21,26). The molecule has 3 atom stereocenters. The fraction of sp³-hybridized carbons (Fsp3) is 0.316. The number of phenols is 1. The average molecular weight is 372 g/mol. The Morgan fingerprint density at radius 3 is 2.62 bits per heavy atom. The number of hydrogen-bond acceptors (Lipinski definition) is 6. The third-order valence-corrected chi connectivity index (χ3v) is 5.27. The minimum atomic E-state index is -0.380.